The number of rotatable bonds is 6. The smallest absolute Gasteiger partial charge is 0.319 e. The Kier molecular flexibility index (Phi) is 6.28. The van der Waals surface area contributed by atoms with Crippen molar-refractivity contribution in [2.45, 2.75) is 32.6 Å². The van der Waals surface area contributed by atoms with Gasteiger partial charge in [-0.3, -0.25) is 0 Å². The minimum Gasteiger partial charge on any atom is -0.508 e. The second-order valence-corrected chi connectivity index (χ2v) is 6.90. The maximum Gasteiger partial charge on any atom is 0.319 e. The molecule has 134 valence electrons. The van der Waals surface area contributed by atoms with Crippen molar-refractivity contribution in [1.29, 1.82) is 0 Å². The lowest BCUT2D eigenvalue weighted by atomic mass is 9.87. The lowest BCUT2D eigenvalue weighted by Crippen LogP contribution is -2.30. The van der Waals surface area contributed by atoms with Crippen molar-refractivity contribution >= 4 is 11.7 Å². The number of carbonyl (C=O) groups excluding carboxylic acids is 1. The van der Waals surface area contributed by atoms with Crippen molar-refractivity contribution in [3.8, 4) is 11.5 Å². The average molecular weight is 342 g/mol. The van der Waals surface area contributed by atoms with Crippen LogP contribution in [0.5, 0.6) is 11.5 Å². The SMILES string of the molecule is CC(C)(C)c1ccc(OCCCNC(=O)Nc2ccc(O)cc2)cc1. The van der Waals surface area contributed by atoms with E-state index in [-0.39, 0.29) is 17.2 Å². The molecule has 0 aliphatic carbocycles. The van der Waals surface area contributed by atoms with Crippen molar-refractivity contribution in [2.24, 2.45) is 0 Å². The molecule has 2 aromatic rings. The predicted octanol–water partition coefficient (Wildman–Crippen LogP) is 4.28. The van der Waals surface area contributed by atoms with E-state index in [2.05, 4.69) is 43.5 Å². The number of urea groups is 1. The highest BCUT2D eigenvalue weighted by molar-refractivity contribution is 5.89. The van der Waals surface area contributed by atoms with Crippen LogP contribution in [0.1, 0.15) is 32.8 Å². The number of aromatic hydroxyl groups is 1. The quantitative estimate of drug-likeness (QED) is 0.542. The van der Waals surface area contributed by atoms with Gasteiger partial charge in [-0.05, 0) is 53.8 Å². The molecule has 0 unspecified atom stereocenters. The number of phenols is 1. The van der Waals surface area contributed by atoms with Gasteiger partial charge in [0.05, 0.1) is 6.61 Å². The maximum absolute atomic E-state index is 11.7. The van der Waals surface area contributed by atoms with E-state index in [1.165, 1.54) is 17.7 Å². The second-order valence-electron chi connectivity index (χ2n) is 6.90. The molecule has 5 nitrogen and oxygen atoms in total. The highest BCUT2D eigenvalue weighted by Gasteiger charge is 2.12. The van der Waals surface area contributed by atoms with E-state index in [0.29, 0.717) is 25.3 Å². The monoisotopic (exact) mass is 342 g/mol. The third-order valence-electron chi connectivity index (χ3n) is 3.72. The number of carbonyl (C=O) groups is 1. The summed E-state index contributed by atoms with van der Waals surface area (Å²) in [6, 6.07) is 14.2. The van der Waals surface area contributed by atoms with E-state index in [1.54, 1.807) is 12.1 Å². The van der Waals surface area contributed by atoms with Crippen LogP contribution in [0.2, 0.25) is 0 Å². The summed E-state index contributed by atoms with van der Waals surface area (Å²) in [6.07, 6.45) is 0.712. The molecule has 0 bridgehead atoms. The van der Waals surface area contributed by atoms with Crippen LogP contribution in [0, 0.1) is 0 Å². The highest BCUT2D eigenvalue weighted by atomic mass is 16.5. The maximum atomic E-state index is 11.7. The zero-order chi connectivity index (χ0) is 18.3. The van der Waals surface area contributed by atoms with E-state index in [9.17, 15) is 9.90 Å². The molecule has 2 aromatic carbocycles. The number of hydrogen-bond acceptors (Lipinski definition) is 3. The van der Waals surface area contributed by atoms with Crippen LogP contribution < -0.4 is 15.4 Å². The first-order valence-electron chi connectivity index (χ1n) is 8.42. The first-order valence-corrected chi connectivity index (χ1v) is 8.42. The van der Waals surface area contributed by atoms with Gasteiger partial charge >= 0.3 is 6.03 Å². The van der Waals surface area contributed by atoms with E-state index in [4.69, 9.17) is 4.74 Å². The van der Waals surface area contributed by atoms with E-state index in [1.807, 2.05) is 12.1 Å². The molecule has 0 spiro atoms. The van der Waals surface area contributed by atoms with E-state index < -0.39 is 0 Å². The summed E-state index contributed by atoms with van der Waals surface area (Å²) in [5.74, 6) is 1.00. The first-order chi connectivity index (χ1) is 11.8. The van der Waals surface area contributed by atoms with Crippen molar-refractivity contribution in [2.75, 3.05) is 18.5 Å². The van der Waals surface area contributed by atoms with E-state index >= 15 is 0 Å². The molecule has 5 heteroatoms. The van der Waals surface area contributed by atoms with Gasteiger partial charge in [-0.1, -0.05) is 32.9 Å². The summed E-state index contributed by atoms with van der Waals surface area (Å²) >= 11 is 0. The van der Waals surface area contributed by atoms with Crippen molar-refractivity contribution in [1.82, 2.24) is 5.32 Å². The van der Waals surface area contributed by atoms with Crippen LogP contribution in [-0.4, -0.2) is 24.3 Å². The first kappa shape index (κ1) is 18.6. The van der Waals surface area contributed by atoms with Gasteiger partial charge in [0.1, 0.15) is 11.5 Å². The molecule has 25 heavy (non-hydrogen) atoms. The van der Waals surface area contributed by atoms with Crippen LogP contribution >= 0.6 is 0 Å². The molecule has 3 N–H and O–H groups in total. The summed E-state index contributed by atoms with van der Waals surface area (Å²) in [5.41, 5.74) is 2.03. The zero-order valence-corrected chi connectivity index (χ0v) is 15.0. The largest absolute Gasteiger partial charge is 0.508 e. The van der Waals surface area contributed by atoms with Crippen LogP contribution in [0.25, 0.3) is 0 Å². The van der Waals surface area contributed by atoms with Crippen LogP contribution in [-0.2, 0) is 5.41 Å². The molecule has 2 rings (SSSR count). The molecular formula is C20H26N2O3. The average Bonchev–Trinajstić information content (AvgIpc) is 2.56. The van der Waals surface area contributed by atoms with Crippen molar-refractivity contribution in [3.63, 3.8) is 0 Å². The van der Waals surface area contributed by atoms with Gasteiger partial charge in [-0.25, -0.2) is 4.79 Å². The Morgan fingerprint density at radius 2 is 1.68 bits per heavy atom. The lowest BCUT2D eigenvalue weighted by Gasteiger charge is -2.19. The number of phenolic OH excluding ortho intramolecular Hbond substituents is 1. The van der Waals surface area contributed by atoms with Crippen LogP contribution in [0.15, 0.2) is 48.5 Å². The van der Waals surface area contributed by atoms with Gasteiger partial charge in [0.25, 0.3) is 0 Å². The van der Waals surface area contributed by atoms with Crippen LogP contribution in [0.4, 0.5) is 10.5 Å². The van der Waals surface area contributed by atoms with Gasteiger partial charge < -0.3 is 20.5 Å². The van der Waals surface area contributed by atoms with E-state index in [0.717, 1.165) is 5.75 Å². The van der Waals surface area contributed by atoms with Crippen LogP contribution in [0.3, 0.4) is 0 Å². The number of nitrogens with one attached hydrogen (secondary N) is 2. The summed E-state index contributed by atoms with van der Waals surface area (Å²) in [6.45, 7) is 7.59. The van der Waals surface area contributed by atoms with Crippen molar-refractivity contribution < 1.29 is 14.6 Å². The molecule has 0 saturated heterocycles. The molecule has 0 atom stereocenters. The number of hydrogen-bond donors (Lipinski definition) is 3. The molecule has 0 radical (unpaired) electrons. The number of amides is 2. The summed E-state index contributed by atoms with van der Waals surface area (Å²) in [7, 11) is 0. The minimum atomic E-state index is -0.278. The minimum absolute atomic E-state index is 0.132. The standard InChI is InChI=1S/C20H26N2O3/c1-20(2,3)15-5-11-18(12-6-15)25-14-4-13-21-19(24)22-16-7-9-17(23)10-8-16/h5-12,23H,4,13-14H2,1-3H3,(H2,21,22,24). The van der Waals surface area contributed by atoms with Crippen molar-refractivity contribution in [3.05, 3.63) is 54.1 Å². The van der Waals surface area contributed by atoms with Gasteiger partial charge in [0.15, 0.2) is 0 Å². The molecule has 2 amide bonds. The normalized spacial score (nSPS) is 11.0. The Balaban J connectivity index is 1.64. The number of anilines is 1. The Morgan fingerprint density at radius 3 is 2.28 bits per heavy atom. The topological polar surface area (TPSA) is 70.6 Å². The molecule has 0 aliphatic rings. The summed E-state index contributed by atoms with van der Waals surface area (Å²) in [4.78, 5) is 11.7. The van der Waals surface area contributed by atoms with Gasteiger partial charge in [0.2, 0.25) is 0 Å². The fraction of sp³-hybridized carbons (Fsp3) is 0.350. The second kappa shape index (κ2) is 8.42. The lowest BCUT2D eigenvalue weighted by molar-refractivity contribution is 0.250. The van der Waals surface area contributed by atoms with Gasteiger partial charge in [-0.2, -0.15) is 0 Å². The number of benzene rings is 2. The fourth-order valence-electron chi connectivity index (χ4n) is 2.24. The number of ether oxygens (including phenoxy) is 1. The molecule has 0 fully saturated rings. The zero-order valence-electron chi connectivity index (χ0n) is 15.0. The highest BCUT2D eigenvalue weighted by Crippen LogP contribution is 2.24. The Morgan fingerprint density at radius 1 is 1.04 bits per heavy atom. The molecule has 0 aromatic heterocycles. The Hall–Kier alpha value is -2.69. The van der Waals surface area contributed by atoms with Gasteiger partial charge in [0, 0.05) is 12.2 Å². The predicted molar refractivity (Wildman–Crippen MR) is 100 cm³/mol. The Labute approximate surface area is 149 Å². The fourth-order valence-corrected chi connectivity index (χ4v) is 2.24. The molecular weight excluding hydrogens is 316 g/mol. The molecule has 0 saturated carbocycles. The third kappa shape index (κ3) is 6.37. The molecule has 0 aliphatic heterocycles. The summed E-state index contributed by atoms with van der Waals surface area (Å²) in [5, 5.41) is 14.7. The van der Waals surface area contributed by atoms with Gasteiger partial charge in [-0.15, -0.1) is 0 Å². The third-order valence-corrected chi connectivity index (χ3v) is 3.72. The molecule has 0 heterocycles. The Bertz CT molecular complexity index is 674. The summed E-state index contributed by atoms with van der Waals surface area (Å²) < 4.78 is 5.69.